The van der Waals surface area contributed by atoms with Crippen molar-refractivity contribution in [1.82, 2.24) is 25.2 Å². The fraction of sp³-hybridized carbons (Fsp3) is 0.174. The number of thioether (sulfide) groups is 1. The van der Waals surface area contributed by atoms with Crippen molar-refractivity contribution < 1.29 is 27.4 Å². The topological polar surface area (TPSA) is 110 Å². The minimum atomic E-state index is -4.19. The van der Waals surface area contributed by atoms with Gasteiger partial charge in [0.15, 0.2) is 5.60 Å². The Kier molecular flexibility index (Phi) is 6.91. The zero-order chi connectivity index (χ0) is 25.9. The van der Waals surface area contributed by atoms with E-state index < -0.39 is 41.0 Å². The Morgan fingerprint density at radius 3 is 2.42 bits per heavy atom. The SMILES string of the molecule is CSc1nnnn1CC(O)(c1ccc(F)cc1F)C(F)(F)c1ccc(Oc2ccc(C#N)cc2)cn1. The summed E-state index contributed by atoms with van der Waals surface area (Å²) >= 11 is 1.02. The van der Waals surface area contributed by atoms with Gasteiger partial charge in [-0.25, -0.2) is 13.5 Å². The molecule has 0 aliphatic carbocycles. The standard InChI is InChI=1S/C23H16F4N6O2S/c1-36-21-30-31-32-33(21)13-22(34,18-8-4-15(24)10-19(18)25)23(26,27)20-9-7-17(12-29-20)35-16-5-2-14(11-28)3-6-16/h2-10,12,34H,13H2,1H3. The lowest BCUT2D eigenvalue weighted by Crippen LogP contribution is -2.48. The van der Waals surface area contributed by atoms with Crippen LogP contribution in [-0.4, -0.2) is 36.6 Å². The molecule has 13 heteroatoms. The average molecular weight is 516 g/mol. The molecule has 4 aromatic rings. The maximum atomic E-state index is 15.9. The Balaban J connectivity index is 1.71. The fourth-order valence-electron chi connectivity index (χ4n) is 3.41. The van der Waals surface area contributed by atoms with E-state index in [1.165, 1.54) is 30.3 Å². The number of hydrogen-bond acceptors (Lipinski definition) is 8. The number of pyridine rings is 1. The van der Waals surface area contributed by atoms with Crippen LogP contribution in [0.3, 0.4) is 0 Å². The van der Waals surface area contributed by atoms with E-state index in [1.807, 2.05) is 6.07 Å². The maximum absolute atomic E-state index is 15.9. The zero-order valence-corrected chi connectivity index (χ0v) is 19.3. The monoisotopic (exact) mass is 516 g/mol. The Morgan fingerprint density at radius 1 is 1.08 bits per heavy atom. The first-order valence-electron chi connectivity index (χ1n) is 10.2. The van der Waals surface area contributed by atoms with Crippen LogP contribution in [0.1, 0.15) is 16.8 Å². The highest BCUT2D eigenvalue weighted by molar-refractivity contribution is 7.98. The molecule has 8 nitrogen and oxygen atoms in total. The summed E-state index contributed by atoms with van der Waals surface area (Å²) < 4.78 is 66.5. The molecule has 0 radical (unpaired) electrons. The summed E-state index contributed by atoms with van der Waals surface area (Å²) in [6, 6.07) is 12.0. The molecule has 0 aliphatic rings. The number of nitriles is 1. The first-order chi connectivity index (χ1) is 17.2. The van der Waals surface area contributed by atoms with E-state index in [0.717, 1.165) is 40.8 Å². The average Bonchev–Trinajstić information content (AvgIpc) is 3.31. The minimum absolute atomic E-state index is 0.0888. The van der Waals surface area contributed by atoms with Crippen LogP contribution >= 0.6 is 11.8 Å². The smallest absolute Gasteiger partial charge is 0.323 e. The molecule has 0 aliphatic heterocycles. The zero-order valence-electron chi connectivity index (χ0n) is 18.4. The van der Waals surface area contributed by atoms with Crippen LogP contribution in [0, 0.1) is 23.0 Å². The highest BCUT2D eigenvalue weighted by Crippen LogP contribution is 2.47. The van der Waals surface area contributed by atoms with Crippen molar-refractivity contribution in [3.8, 4) is 17.6 Å². The number of tetrazole rings is 1. The van der Waals surface area contributed by atoms with E-state index in [0.29, 0.717) is 17.4 Å². The van der Waals surface area contributed by atoms with Gasteiger partial charge in [-0.15, -0.1) is 5.10 Å². The molecule has 0 fully saturated rings. The van der Waals surface area contributed by atoms with Crippen molar-refractivity contribution in [2.75, 3.05) is 6.26 Å². The number of nitrogens with zero attached hydrogens (tertiary/aromatic N) is 6. The number of benzene rings is 2. The first-order valence-corrected chi connectivity index (χ1v) is 11.4. The van der Waals surface area contributed by atoms with Gasteiger partial charge in [0, 0.05) is 11.6 Å². The summed E-state index contributed by atoms with van der Waals surface area (Å²) in [4.78, 5) is 3.74. The van der Waals surface area contributed by atoms with Crippen LogP contribution < -0.4 is 4.74 Å². The Morgan fingerprint density at radius 2 is 1.81 bits per heavy atom. The highest BCUT2D eigenvalue weighted by Gasteiger charge is 2.58. The second kappa shape index (κ2) is 9.92. The van der Waals surface area contributed by atoms with E-state index >= 15 is 8.78 Å². The van der Waals surface area contributed by atoms with Gasteiger partial charge in [0.1, 0.15) is 28.8 Å². The van der Waals surface area contributed by atoms with Gasteiger partial charge < -0.3 is 9.84 Å². The van der Waals surface area contributed by atoms with Crippen molar-refractivity contribution >= 4 is 11.8 Å². The third-order valence-electron chi connectivity index (χ3n) is 5.23. The third kappa shape index (κ3) is 4.73. The van der Waals surface area contributed by atoms with Gasteiger partial charge in [0.25, 0.3) is 0 Å². The molecular formula is C23H16F4N6O2S. The lowest BCUT2D eigenvalue weighted by Gasteiger charge is -2.36. The van der Waals surface area contributed by atoms with E-state index in [4.69, 9.17) is 10.00 Å². The number of aromatic nitrogens is 5. The summed E-state index contributed by atoms with van der Waals surface area (Å²) in [5.41, 5.74) is -4.61. The van der Waals surface area contributed by atoms with E-state index in [1.54, 1.807) is 6.26 Å². The number of halogens is 4. The lowest BCUT2D eigenvalue weighted by molar-refractivity contribution is -0.208. The molecule has 0 saturated heterocycles. The van der Waals surface area contributed by atoms with Gasteiger partial charge in [-0.2, -0.15) is 14.0 Å². The van der Waals surface area contributed by atoms with Crippen LogP contribution in [0.25, 0.3) is 0 Å². The van der Waals surface area contributed by atoms with Crippen molar-refractivity contribution in [1.29, 1.82) is 5.26 Å². The molecule has 0 spiro atoms. The molecule has 2 heterocycles. The fourth-order valence-corrected chi connectivity index (χ4v) is 3.84. The van der Waals surface area contributed by atoms with Gasteiger partial charge in [0.2, 0.25) is 5.16 Å². The minimum Gasteiger partial charge on any atom is -0.456 e. The number of rotatable bonds is 8. The lowest BCUT2D eigenvalue weighted by atomic mass is 9.84. The molecule has 1 N–H and O–H groups in total. The van der Waals surface area contributed by atoms with Crippen LogP contribution in [0.2, 0.25) is 0 Å². The molecule has 4 rings (SSSR count). The predicted molar refractivity (Wildman–Crippen MR) is 119 cm³/mol. The van der Waals surface area contributed by atoms with E-state index in [-0.39, 0.29) is 10.9 Å². The van der Waals surface area contributed by atoms with Crippen LogP contribution in [0.4, 0.5) is 17.6 Å². The van der Waals surface area contributed by atoms with Crippen molar-refractivity contribution in [2.45, 2.75) is 23.2 Å². The molecule has 184 valence electrons. The second-order valence-electron chi connectivity index (χ2n) is 7.50. The van der Waals surface area contributed by atoms with Crippen LogP contribution in [0.5, 0.6) is 11.5 Å². The predicted octanol–water partition coefficient (Wildman–Crippen LogP) is 4.41. The van der Waals surface area contributed by atoms with Gasteiger partial charge in [-0.1, -0.05) is 11.8 Å². The molecule has 2 aromatic heterocycles. The molecule has 0 amide bonds. The van der Waals surface area contributed by atoms with E-state index in [9.17, 15) is 13.9 Å². The van der Waals surface area contributed by atoms with Gasteiger partial charge >= 0.3 is 5.92 Å². The van der Waals surface area contributed by atoms with Crippen molar-refractivity contribution in [2.24, 2.45) is 0 Å². The van der Waals surface area contributed by atoms with Gasteiger partial charge in [-0.05, 0) is 65.2 Å². The molecule has 0 bridgehead atoms. The summed E-state index contributed by atoms with van der Waals surface area (Å²) in [5, 5.41) is 31.0. The van der Waals surface area contributed by atoms with Crippen molar-refractivity contribution in [3.63, 3.8) is 0 Å². The summed E-state index contributed by atoms with van der Waals surface area (Å²) in [5.74, 6) is -6.14. The van der Waals surface area contributed by atoms with E-state index in [2.05, 4.69) is 20.5 Å². The molecular weight excluding hydrogens is 500 g/mol. The number of ether oxygens (including phenoxy) is 1. The van der Waals surface area contributed by atoms with Gasteiger partial charge in [-0.3, -0.25) is 4.98 Å². The number of alkyl halides is 2. The quantitative estimate of drug-likeness (QED) is 0.271. The molecule has 1 atom stereocenters. The third-order valence-corrected chi connectivity index (χ3v) is 5.89. The number of hydrogen-bond donors (Lipinski definition) is 1. The van der Waals surface area contributed by atoms with Crippen LogP contribution in [0.15, 0.2) is 66.0 Å². The Bertz CT molecular complexity index is 1410. The number of aliphatic hydroxyl groups is 1. The molecule has 36 heavy (non-hydrogen) atoms. The highest BCUT2D eigenvalue weighted by atomic mass is 32.2. The summed E-state index contributed by atoms with van der Waals surface area (Å²) in [7, 11) is 0. The largest absolute Gasteiger partial charge is 0.456 e. The van der Waals surface area contributed by atoms with Gasteiger partial charge in [0.05, 0.1) is 24.4 Å². The molecule has 1 unspecified atom stereocenters. The summed E-state index contributed by atoms with van der Waals surface area (Å²) in [6.07, 6.45) is 2.60. The normalized spacial score (nSPS) is 13.1. The molecule has 2 aromatic carbocycles. The maximum Gasteiger partial charge on any atom is 0.323 e. The first kappa shape index (κ1) is 25.1. The Hall–Kier alpha value is -4.02. The Labute approximate surface area is 206 Å². The second-order valence-corrected chi connectivity index (χ2v) is 8.27. The summed E-state index contributed by atoms with van der Waals surface area (Å²) in [6.45, 7) is -0.961. The molecule has 0 saturated carbocycles. The van der Waals surface area contributed by atoms with Crippen molar-refractivity contribution in [3.05, 3.63) is 89.2 Å². The van der Waals surface area contributed by atoms with Crippen LogP contribution in [-0.2, 0) is 18.1 Å².